The molecule has 0 aliphatic rings. The predicted molar refractivity (Wildman–Crippen MR) is 216 cm³/mol. The Labute approximate surface area is 300 Å². The van der Waals surface area contributed by atoms with Crippen LogP contribution >= 0.6 is 11.3 Å². The summed E-state index contributed by atoms with van der Waals surface area (Å²) in [5.74, 6) is 0.783. The highest BCUT2D eigenvalue weighted by Gasteiger charge is 2.28. The standard InChI is InChI=1S/C46H26N4OS/c1-2-14-27(15-3-1)40-45(47-41-32-20-8-13-25-39(32)52-46(41)48-40)50-37-23-11-6-18-30(37)33-26-34-31-19-7-12-24-38(31)51-44(34)43(42(33)50)49-35-21-9-4-16-28(35)29-17-5-10-22-36(29)49/h1-26H. The van der Waals surface area contributed by atoms with E-state index in [1.54, 1.807) is 11.3 Å². The first-order valence-corrected chi connectivity index (χ1v) is 18.2. The molecule has 0 saturated heterocycles. The lowest BCUT2D eigenvalue weighted by Crippen LogP contribution is -2.06. The molecule has 0 saturated carbocycles. The topological polar surface area (TPSA) is 48.8 Å². The smallest absolute Gasteiger partial charge is 0.165 e. The van der Waals surface area contributed by atoms with E-state index < -0.39 is 0 Å². The number of nitrogens with zero attached hydrogens (tertiary/aromatic N) is 4. The van der Waals surface area contributed by atoms with Crippen LogP contribution < -0.4 is 0 Å². The molecule has 242 valence electrons. The van der Waals surface area contributed by atoms with Gasteiger partial charge in [0.1, 0.15) is 27.3 Å². The Kier molecular flexibility index (Phi) is 5.59. The van der Waals surface area contributed by atoms with Crippen molar-refractivity contribution in [2.24, 2.45) is 0 Å². The molecular formula is C46H26N4OS. The molecule has 7 aromatic carbocycles. The Balaban J connectivity index is 1.36. The zero-order chi connectivity index (χ0) is 33.9. The Morgan fingerprint density at radius 1 is 0.481 bits per heavy atom. The molecule has 0 N–H and O–H groups in total. The average molecular weight is 683 g/mol. The molecule has 0 aliphatic carbocycles. The number of hydrogen-bond acceptors (Lipinski definition) is 4. The molecule has 12 rings (SSSR count). The van der Waals surface area contributed by atoms with E-state index in [1.807, 2.05) is 12.1 Å². The average Bonchev–Trinajstić information content (AvgIpc) is 3.95. The highest BCUT2D eigenvalue weighted by molar-refractivity contribution is 7.25. The number of benzene rings is 7. The van der Waals surface area contributed by atoms with Crippen molar-refractivity contribution in [3.8, 4) is 22.8 Å². The summed E-state index contributed by atoms with van der Waals surface area (Å²) in [4.78, 5) is 12.0. The van der Waals surface area contributed by atoms with E-state index >= 15 is 0 Å². The van der Waals surface area contributed by atoms with Crippen molar-refractivity contribution in [1.82, 2.24) is 19.1 Å². The maximum Gasteiger partial charge on any atom is 0.165 e. The minimum absolute atomic E-state index is 0.783. The minimum atomic E-state index is 0.783. The fraction of sp³-hybridized carbons (Fsp3) is 0. The summed E-state index contributed by atoms with van der Waals surface area (Å²) >= 11 is 1.69. The van der Waals surface area contributed by atoms with E-state index in [0.29, 0.717) is 0 Å². The zero-order valence-electron chi connectivity index (χ0n) is 27.6. The van der Waals surface area contributed by atoms with Crippen molar-refractivity contribution < 1.29 is 4.42 Å². The lowest BCUT2D eigenvalue weighted by molar-refractivity contribution is 0.667. The van der Waals surface area contributed by atoms with Crippen molar-refractivity contribution in [3.63, 3.8) is 0 Å². The summed E-state index contributed by atoms with van der Waals surface area (Å²) in [6.07, 6.45) is 0. The van der Waals surface area contributed by atoms with Crippen LogP contribution in [0.5, 0.6) is 0 Å². The molecule has 0 unspecified atom stereocenters. The third-order valence-electron chi connectivity index (χ3n) is 10.5. The summed E-state index contributed by atoms with van der Waals surface area (Å²) in [5, 5.41) is 7.94. The fourth-order valence-electron chi connectivity index (χ4n) is 8.33. The monoisotopic (exact) mass is 682 g/mol. The van der Waals surface area contributed by atoms with Crippen molar-refractivity contribution >= 4 is 97.3 Å². The van der Waals surface area contributed by atoms with Crippen molar-refractivity contribution in [3.05, 3.63) is 158 Å². The Hall–Kier alpha value is -6.76. The second kappa shape index (κ2) is 10.4. The van der Waals surface area contributed by atoms with E-state index in [2.05, 4.69) is 155 Å². The van der Waals surface area contributed by atoms with Gasteiger partial charge < -0.3 is 8.98 Å². The fourth-order valence-corrected chi connectivity index (χ4v) is 9.35. The molecule has 12 aromatic rings. The molecule has 0 aliphatic heterocycles. The van der Waals surface area contributed by atoms with Crippen molar-refractivity contribution in [2.45, 2.75) is 0 Å². The Bertz CT molecular complexity index is 3370. The highest BCUT2D eigenvalue weighted by atomic mass is 32.1. The van der Waals surface area contributed by atoms with Gasteiger partial charge in [0.25, 0.3) is 0 Å². The number of rotatable bonds is 3. The SMILES string of the molecule is c1ccc(-c2nc3sc4ccccc4c3nc2-n2c3ccccc3c3cc4c(oc5ccccc54)c(-n4c5ccccc5c5ccccc54)c32)cc1. The molecule has 5 aromatic heterocycles. The summed E-state index contributed by atoms with van der Waals surface area (Å²) < 4.78 is 12.9. The van der Waals surface area contributed by atoms with Gasteiger partial charge in [-0.25, -0.2) is 9.97 Å². The summed E-state index contributed by atoms with van der Waals surface area (Å²) in [7, 11) is 0. The summed E-state index contributed by atoms with van der Waals surface area (Å²) in [6.45, 7) is 0. The van der Waals surface area contributed by atoms with Crippen LogP contribution in [0.15, 0.2) is 162 Å². The molecule has 0 radical (unpaired) electrons. The summed E-state index contributed by atoms with van der Waals surface area (Å²) in [6, 6.07) is 55.7. The van der Waals surface area contributed by atoms with Gasteiger partial charge in [-0.1, -0.05) is 121 Å². The lowest BCUT2D eigenvalue weighted by Gasteiger charge is -2.16. The van der Waals surface area contributed by atoms with E-state index in [4.69, 9.17) is 14.4 Å². The number of para-hydroxylation sites is 4. The molecule has 52 heavy (non-hydrogen) atoms. The van der Waals surface area contributed by atoms with Crippen LogP contribution in [0, 0.1) is 0 Å². The first-order valence-electron chi connectivity index (χ1n) is 17.4. The highest BCUT2D eigenvalue weighted by Crippen LogP contribution is 2.46. The van der Waals surface area contributed by atoms with Gasteiger partial charge in [-0.3, -0.25) is 4.57 Å². The molecule has 0 bridgehead atoms. The Morgan fingerprint density at radius 3 is 1.79 bits per heavy atom. The molecule has 5 heterocycles. The van der Waals surface area contributed by atoms with Gasteiger partial charge in [0.2, 0.25) is 0 Å². The van der Waals surface area contributed by atoms with Crippen molar-refractivity contribution in [1.29, 1.82) is 0 Å². The van der Waals surface area contributed by atoms with Crippen LogP contribution in [0.25, 0.3) is 109 Å². The van der Waals surface area contributed by atoms with E-state index in [9.17, 15) is 0 Å². The van der Waals surface area contributed by atoms with Crippen LogP contribution in [0.1, 0.15) is 0 Å². The van der Waals surface area contributed by atoms with Crippen LogP contribution in [0.3, 0.4) is 0 Å². The number of aromatic nitrogens is 4. The molecule has 0 atom stereocenters. The van der Waals surface area contributed by atoms with Gasteiger partial charge in [-0.15, -0.1) is 11.3 Å². The van der Waals surface area contributed by atoms with Crippen molar-refractivity contribution in [2.75, 3.05) is 0 Å². The van der Waals surface area contributed by atoms with Gasteiger partial charge in [0.15, 0.2) is 11.4 Å². The largest absolute Gasteiger partial charge is 0.454 e. The number of hydrogen-bond donors (Lipinski definition) is 0. The van der Waals surface area contributed by atoms with Crippen LogP contribution in [-0.4, -0.2) is 19.1 Å². The van der Waals surface area contributed by atoms with Gasteiger partial charge >= 0.3 is 0 Å². The van der Waals surface area contributed by atoms with Gasteiger partial charge in [0, 0.05) is 48.0 Å². The van der Waals surface area contributed by atoms with Crippen LogP contribution in [0.2, 0.25) is 0 Å². The van der Waals surface area contributed by atoms with Crippen LogP contribution in [-0.2, 0) is 0 Å². The van der Waals surface area contributed by atoms with E-state index in [0.717, 1.165) is 93.3 Å². The minimum Gasteiger partial charge on any atom is -0.454 e. The maximum atomic E-state index is 6.96. The van der Waals surface area contributed by atoms with Gasteiger partial charge in [-0.2, -0.15) is 0 Å². The van der Waals surface area contributed by atoms with Gasteiger partial charge in [0.05, 0.1) is 22.1 Å². The molecule has 0 fully saturated rings. The third kappa shape index (κ3) is 3.71. The summed E-state index contributed by atoms with van der Waals surface area (Å²) in [5.41, 5.74) is 9.73. The second-order valence-electron chi connectivity index (χ2n) is 13.3. The van der Waals surface area contributed by atoms with E-state index in [-0.39, 0.29) is 0 Å². The van der Waals surface area contributed by atoms with E-state index in [1.165, 1.54) is 15.5 Å². The molecule has 0 spiro atoms. The second-order valence-corrected chi connectivity index (χ2v) is 14.4. The normalized spacial score (nSPS) is 12.2. The predicted octanol–water partition coefficient (Wildman–Crippen LogP) is 12.6. The molecular weight excluding hydrogens is 657 g/mol. The first-order chi connectivity index (χ1) is 25.8. The molecule has 6 heteroatoms. The number of thiophene rings is 1. The number of furan rings is 1. The molecule has 5 nitrogen and oxygen atoms in total. The first kappa shape index (κ1) is 28.0. The maximum absolute atomic E-state index is 6.96. The lowest BCUT2D eigenvalue weighted by atomic mass is 10.1. The van der Waals surface area contributed by atoms with Crippen LogP contribution in [0.4, 0.5) is 0 Å². The quantitative estimate of drug-likeness (QED) is 0.186. The zero-order valence-corrected chi connectivity index (χ0v) is 28.4. The third-order valence-corrected chi connectivity index (χ3v) is 11.6. The number of fused-ring (bicyclic) bond motifs is 12. The Morgan fingerprint density at radius 2 is 1.06 bits per heavy atom. The van der Waals surface area contributed by atoms with Gasteiger partial charge in [-0.05, 0) is 36.4 Å². The molecule has 0 amide bonds.